The minimum Gasteiger partial charge on any atom is -0.497 e. The fourth-order valence-corrected chi connectivity index (χ4v) is 3.53. The van der Waals surface area contributed by atoms with Crippen LogP contribution in [0.15, 0.2) is 66.7 Å². The van der Waals surface area contributed by atoms with Gasteiger partial charge in [-0.2, -0.15) is 0 Å². The second kappa shape index (κ2) is 8.14. The van der Waals surface area contributed by atoms with Gasteiger partial charge in [0.1, 0.15) is 11.5 Å². The lowest BCUT2D eigenvalue weighted by atomic mass is 10.1. The van der Waals surface area contributed by atoms with Crippen molar-refractivity contribution in [1.82, 2.24) is 9.88 Å². The molecule has 1 aromatic heterocycles. The molecule has 0 saturated heterocycles. The molecule has 0 spiro atoms. The van der Waals surface area contributed by atoms with Crippen molar-refractivity contribution in [3.05, 3.63) is 66.7 Å². The van der Waals surface area contributed by atoms with Gasteiger partial charge in [-0.05, 0) is 36.4 Å². The maximum absolute atomic E-state index is 12.2. The Morgan fingerprint density at radius 1 is 0.862 bits per heavy atom. The molecule has 2 N–H and O–H groups in total. The first-order chi connectivity index (χ1) is 14.2. The molecule has 0 atom stereocenters. The topological polar surface area (TPSA) is 64.5 Å². The molecule has 148 valence electrons. The maximum Gasteiger partial charge on any atom is 0.319 e. The van der Waals surface area contributed by atoms with E-state index in [9.17, 15) is 4.79 Å². The van der Waals surface area contributed by atoms with Crippen LogP contribution in [-0.2, 0) is 6.54 Å². The third kappa shape index (κ3) is 3.82. The average molecular weight is 389 g/mol. The van der Waals surface area contributed by atoms with Crippen LogP contribution < -0.4 is 20.1 Å². The van der Waals surface area contributed by atoms with Gasteiger partial charge in [-0.25, -0.2) is 4.79 Å². The maximum atomic E-state index is 12.2. The number of carbonyl (C=O) groups is 1. The molecule has 6 heteroatoms. The van der Waals surface area contributed by atoms with E-state index in [0.717, 1.165) is 39.0 Å². The quantitative estimate of drug-likeness (QED) is 0.505. The molecular formula is C23H23N3O3. The number of aromatic nitrogens is 1. The molecule has 3 aromatic carbocycles. The van der Waals surface area contributed by atoms with Crippen molar-refractivity contribution in [3.8, 4) is 11.5 Å². The van der Waals surface area contributed by atoms with E-state index in [4.69, 9.17) is 9.47 Å². The summed E-state index contributed by atoms with van der Waals surface area (Å²) in [7, 11) is 3.32. The Morgan fingerprint density at radius 3 is 2.00 bits per heavy atom. The Bertz CT molecular complexity index is 1090. The Hall–Kier alpha value is -3.67. The molecule has 0 saturated carbocycles. The van der Waals surface area contributed by atoms with Gasteiger partial charge < -0.3 is 24.7 Å². The lowest BCUT2D eigenvalue weighted by Crippen LogP contribution is -2.31. The number of rotatable bonds is 6. The molecule has 4 aromatic rings. The Balaban J connectivity index is 1.59. The van der Waals surface area contributed by atoms with E-state index in [-0.39, 0.29) is 6.03 Å². The molecule has 0 aliphatic heterocycles. The van der Waals surface area contributed by atoms with Crippen LogP contribution >= 0.6 is 0 Å². The largest absolute Gasteiger partial charge is 0.497 e. The smallest absolute Gasteiger partial charge is 0.319 e. The molecule has 0 bridgehead atoms. The molecular weight excluding hydrogens is 366 g/mol. The van der Waals surface area contributed by atoms with E-state index >= 15 is 0 Å². The fraction of sp³-hybridized carbons (Fsp3) is 0.174. The summed E-state index contributed by atoms with van der Waals surface area (Å²) < 4.78 is 13.0. The van der Waals surface area contributed by atoms with Crippen LogP contribution in [0, 0.1) is 0 Å². The molecule has 0 unspecified atom stereocenters. The third-order valence-corrected chi connectivity index (χ3v) is 4.93. The average Bonchev–Trinajstić information content (AvgIpc) is 3.06. The second-order valence-electron chi connectivity index (χ2n) is 6.66. The van der Waals surface area contributed by atoms with E-state index in [1.54, 1.807) is 14.2 Å². The van der Waals surface area contributed by atoms with Gasteiger partial charge in [0.05, 0.1) is 25.3 Å². The summed E-state index contributed by atoms with van der Waals surface area (Å²) in [6.07, 6.45) is 0. The number of hydrogen-bond acceptors (Lipinski definition) is 3. The summed E-state index contributed by atoms with van der Waals surface area (Å²) in [4.78, 5) is 12.2. The first-order valence-corrected chi connectivity index (χ1v) is 9.43. The Kier molecular flexibility index (Phi) is 5.24. The first-order valence-electron chi connectivity index (χ1n) is 9.43. The Labute approximate surface area is 169 Å². The van der Waals surface area contributed by atoms with E-state index < -0.39 is 0 Å². The van der Waals surface area contributed by atoms with Gasteiger partial charge in [0.2, 0.25) is 0 Å². The number of methoxy groups -OCH3 is 2. The van der Waals surface area contributed by atoms with Gasteiger partial charge in [-0.15, -0.1) is 0 Å². The minimum absolute atomic E-state index is 0.230. The lowest BCUT2D eigenvalue weighted by molar-refractivity contribution is 0.252. The second-order valence-corrected chi connectivity index (χ2v) is 6.66. The summed E-state index contributed by atoms with van der Waals surface area (Å²) in [5.41, 5.74) is 2.87. The standard InChI is InChI=1S/C23H23N3O3/c1-28-17-8-10-19-20-11-9-18(29-2)15-22(20)26(21(19)14-17)13-12-24-23(27)25-16-6-4-3-5-7-16/h3-11,14-15H,12-13H2,1-2H3,(H2,24,25,27). The van der Waals surface area contributed by atoms with Crippen LogP contribution in [-0.4, -0.2) is 31.4 Å². The lowest BCUT2D eigenvalue weighted by Gasteiger charge is -2.11. The van der Waals surface area contributed by atoms with Crippen LogP contribution in [0.25, 0.3) is 21.8 Å². The van der Waals surface area contributed by atoms with Gasteiger partial charge in [0, 0.05) is 41.7 Å². The van der Waals surface area contributed by atoms with Crippen LogP contribution in [0.5, 0.6) is 11.5 Å². The number of hydrogen-bond donors (Lipinski definition) is 2. The van der Waals surface area contributed by atoms with Crippen molar-refractivity contribution in [3.63, 3.8) is 0 Å². The van der Waals surface area contributed by atoms with E-state index in [2.05, 4.69) is 27.3 Å². The predicted molar refractivity (Wildman–Crippen MR) is 116 cm³/mol. The van der Waals surface area contributed by atoms with Crippen molar-refractivity contribution in [2.45, 2.75) is 6.54 Å². The van der Waals surface area contributed by atoms with Gasteiger partial charge in [0.25, 0.3) is 0 Å². The first kappa shape index (κ1) is 18.7. The number of ether oxygens (including phenoxy) is 2. The van der Waals surface area contributed by atoms with E-state index in [0.29, 0.717) is 13.1 Å². The molecule has 6 nitrogen and oxygen atoms in total. The summed E-state index contributed by atoms with van der Waals surface area (Å²) >= 11 is 0. The SMILES string of the molecule is COc1ccc2c3ccc(OC)cc3n(CCNC(=O)Nc3ccccc3)c2c1. The van der Waals surface area contributed by atoms with Crippen molar-refractivity contribution >= 4 is 33.5 Å². The highest BCUT2D eigenvalue weighted by molar-refractivity contribution is 6.08. The molecule has 4 rings (SSSR count). The molecule has 0 aliphatic carbocycles. The molecule has 2 amide bonds. The summed E-state index contributed by atoms with van der Waals surface area (Å²) in [6, 6.07) is 21.2. The van der Waals surface area contributed by atoms with Gasteiger partial charge in [-0.1, -0.05) is 18.2 Å². The van der Waals surface area contributed by atoms with E-state index in [1.165, 1.54) is 0 Å². The zero-order valence-electron chi connectivity index (χ0n) is 16.4. The third-order valence-electron chi connectivity index (χ3n) is 4.93. The summed E-state index contributed by atoms with van der Waals surface area (Å²) in [5, 5.41) is 8.03. The summed E-state index contributed by atoms with van der Waals surface area (Å²) in [6.45, 7) is 1.09. The minimum atomic E-state index is -0.230. The van der Waals surface area contributed by atoms with Crippen LogP contribution in [0.3, 0.4) is 0 Å². The number of anilines is 1. The van der Waals surface area contributed by atoms with Crippen LogP contribution in [0.1, 0.15) is 0 Å². The predicted octanol–water partition coefficient (Wildman–Crippen LogP) is 4.63. The van der Waals surface area contributed by atoms with Crippen molar-refractivity contribution < 1.29 is 14.3 Å². The number of benzene rings is 3. The number of para-hydroxylation sites is 1. The number of amides is 2. The number of urea groups is 1. The number of fused-ring (bicyclic) bond motifs is 3. The van der Waals surface area contributed by atoms with Gasteiger partial charge in [-0.3, -0.25) is 0 Å². The molecule has 0 aliphatic rings. The normalized spacial score (nSPS) is 10.8. The fourth-order valence-electron chi connectivity index (χ4n) is 3.53. The molecule has 29 heavy (non-hydrogen) atoms. The van der Waals surface area contributed by atoms with Crippen molar-refractivity contribution in [1.29, 1.82) is 0 Å². The van der Waals surface area contributed by atoms with Gasteiger partial charge >= 0.3 is 6.03 Å². The molecule has 0 radical (unpaired) electrons. The number of carbonyl (C=O) groups excluding carboxylic acids is 1. The van der Waals surface area contributed by atoms with Crippen molar-refractivity contribution in [2.24, 2.45) is 0 Å². The van der Waals surface area contributed by atoms with Gasteiger partial charge in [0.15, 0.2) is 0 Å². The van der Waals surface area contributed by atoms with Crippen LogP contribution in [0.4, 0.5) is 10.5 Å². The van der Waals surface area contributed by atoms with Crippen LogP contribution in [0.2, 0.25) is 0 Å². The number of nitrogens with zero attached hydrogens (tertiary/aromatic N) is 1. The highest BCUT2D eigenvalue weighted by Gasteiger charge is 2.13. The summed E-state index contributed by atoms with van der Waals surface area (Å²) in [5.74, 6) is 1.59. The highest BCUT2D eigenvalue weighted by atomic mass is 16.5. The van der Waals surface area contributed by atoms with E-state index in [1.807, 2.05) is 54.6 Å². The zero-order chi connectivity index (χ0) is 20.2. The molecule has 1 heterocycles. The number of nitrogens with one attached hydrogen (secondary N) is 2. The van der Waals surface area contributed by atoms with Crippen molar-refractivity contribution in [2.75, 3.05) is 26.1 Å². The molecule has 0 fully saturated rings. The zero-order valence-corrected chi connectivity index (χ0v) is 16.4. The Morgan fingerprint density at radius 2 is 1.45 bits per heavy atom. The highest BCUT2D eigenvalue weighted by Crippen LogP contribution is 2.33. The monoisotopic (exact) mass is 389 g/mol.